The lowest BCUT2D eigenvalue weighted by Crippen LogP contribution is -2.14. The second-order valence-corrected chi connectivity index (χ2v) is 4.61. The number of carbonyl (C=O) groups is 2. The number of amides is 1. The summed E-state index contributed by atoms with van der Waals surface area (Å²) in [4.78, 5) is 22.9. The van der Waals surface area contributed by atoms with E-state index in [1.165, 1.54) is 23.6 Å². The molecule has 0 fully saturated rings. The molecule has 0 aliphatic heterocycles. The summed E-state index contributed by atoms with van der Waals surface area (Å²) in [5, 5.41) is 17.4. The standard InChI is InChI=1S/C11H11N3O3S/c1-6-8(5-12-14(6)2)9(15)13-10-7(11(16)17)3-4-18-10/h3-5H,1-2H3,(H,13,15)(H,16,17). The van der Waals surface area contributed by atoms with E-state index in [0.29, 0.717) is 10.6 Å². The van der Waals surface area contributed by atoms with E-state index in [0.717, 1.165) is 5.69 Å². The van der Waals surface area contributed by atoms with Crippen LogP contribution in [0.5, 0.6) is 0 Å². The molecule has 0 aliphatic rings. The van der Waals surface area contributed by atoms with Crippen molar-refractivity contribution in [2.75, 3.05) is 5.32 Å². The fourth-order valence-corrected chi connectivity index (χ4v) is 2.24. The number of carbonyl (C=O) groups excluding carboxylic acids is 1. The Morgan fingerprint density at radius 2 is 2.17 bits per heavy atom. The van der Waals surface area contributed by atoms with Crippen LogP contribution in [0.2, 0.25) is 0 Å². The molecule has 1 amide bonds. The van der Waals surface area contributed by atoms with Gasteiger partial charge in [0.05, 0.1) is 17.3 Å². The molecule has 6 nitrogen and oxygen atoms in total. The van der Waals surface area contributed by atoms with E-state index in [-0.39, 0.29) is 11.5 Å². The van der Waals surface area contributed by atoms with Crippen LogP contribution in [0.3, 0.4) is 0 Å². The zero-order chi connectivity index (χ0) is 13.3. The molecule has 0 radical (unpaired) electrons. The summed E-state index contributed by atoms with van der Waals surface area (Å²) in [7, 11) is 1.74. The van der Waals surface area contributed by atoms with Crippen LogP contribution in [0.25, 0.3) is 0 Å². The Labute approximate surface area is 107 Å². The first-order valence-corrected chi connectivity index (χ1v) is 5.99. The van der Waals surface area contributed by atoms with Crippen LogP contribution in [-0.2, 0) is 7.05 Å². The van der Waals surface area contributed by atoms with Gasteiger partial charge in [0.15, 0.2) is 0 Å². The van der Waals surface area contributed by atoms with E-state index in [9.17, 15) is 9.59 Å². The molecular weight excluding hydrogens is 254 g/mol. The predicted octanol–water partition coefficient (Wildman–Crippen LogP) is 1.74. The zero-order valence-corrected chi connectivity index (χ0v) is 10.6. The van der Waals surface area contributed by atoms with Gasteiger partial charge in [0.2, 0.25) is 0 Å². The molecule has 0 spiro atoms. The lowest BCUT2D eigenvalue weighted by Gasteiger charge is -2.03. The summed E-state index contributed by atoms with van der Waals surface area (Å²) in [6.45, 7) is 1.77. The van der Waals surface area contributed by atoms with Crippen molar-refractivity contribution >= 4 is 28.2 Å². The zero-order valence-electron chi connectivity index (χ0n) is 9.80. The normalized spacial score (nSPS) is 10.3. The monoisotopic (exact) mass is 265 g/mol. The number of hydrogen-bond acceptors (Lipinski definition) is 4. The number of carboxylic acid groups (broad SMARTS) is 1. The Hall–Kier alpha value is -2.15. The van der Waals surface area contributed by atoms with Gasteiger partial charge in [0.25, 0.3) is 5.91 Å². The molecule has 2 rings (SSSR count). The van der Waals surface area contributed by atoms with Crippen molar-refractivity contribution in [1.82, 2.24) is 9.78 Å². The highest BCUT2D eigenvalue weighted by Crippen LogP contribution is 2.24. The van der Waals surface area contributed by atoms with Crippen molar-refractivity contribution < 1.29 is 14.7 Å². The van der Waals surface area contributed by atoms with Gasteiger partial charge in [0, 0.05) is 12.7 Å². The summed E-state index contributed by atoms with van der Waals surface area (Å²) in [6.07, 6.45) is 1.46. The minimum atomic E-state index is -1.06. The van der Waals surface area contributed by atoms with E-state index in [1.54, 1.807) is 24.0 Å². The maximum atomic E-state index is 12.0. The lowest BCUT2D eigenvalue weighted by molar-refractivity contribution is 0.0698. The fourth-order valence-electron chi connectivity index (χ4n) is 1.47. The molecule has 2 N–H and O–H groups in total. The molecule has 18 heavy (non-hydrogen) atoms. The van der Waals surface area contributed by atoms with Crippen molar-refractivity contribution in [2.24, 2.45) is 7.05 Å². The molecule has 0 atom stereocenters. The van der Waals surface area contributed by atoms with Gasteiger partial charge in [-0.1, -0.05) is 0 Å². The van der Waals surface area contributed by atoms with Crippen molar-refractivity contribution in [2.45, 2.75) is 6.92 Å². The van der Waals surface area contributed by atoms with Gasteiger partial charge in [-0.2, -0.15) is 5.10 Å². The van der Waals surface area contributed by atoms with Crippen LogP contribution in [0.4, 0.5) is 5.00 Å². The van der Waals surface area contributed by atoms with Crippen molar-refractivity contribution in [3.63, 3.8) is 0 Å². The molecule has 0 unspecified atom stereocenters. The Morgan fingerprint density at radius 1 is 1.44 bits per heavy atom. The van der Waals surface area contributed by atoms with Gasteiger partial charge in [-0.05, 0) is 18.4 Å². The predicted molar refractivity (Wildman–Crippen MR) is 67.2 cm³/mol. The summed E-state index contributed by atoms with van der Waals surface area (Å²) in [5.74, 6) is -1.42. The minimum absolute atomic E-state index is 0.0925. The van der Waals surface area contributed by atoms with Gasteiger partial charge >= 0.3 is 5.97 Å². The van der Waals surface area contributed by atoms with E-state index in [4.69, 9.17) is 5.11 Å². The summed E-state index contributed by atoms with van der Waals surface area (Å²) in [5.41, 5.74) is 1.25. The number of nitrogens with zero attached hydrogens (tertiary/aromatic N) is 2. The average molecular weight is 265 g/mol. The van der Waals surface area contributed by atoms with Crippen LogP contribution in [0.15, 0.2) is 17.6 Å². The van der Waals surface area contributed by atoms with Gasteiger partial charge in [-0.3, -0.25) is 9.48 Å². The van der Waals surface area contributed by atoms with E-state index in [1.807, 2.05) is 0 Å². The second kappa shape index (κ2) is 4.61. The van der Waals surface area contributed by atoms with Gasteiger partial charge in [-0.25, -0.2) is 4.79 Å². The van der Waals surface area contributed by atoms with Gasteiger partial charge in [-0.15, -0.1) is 11.3 Å². The fraction of sp³-hybridized carbons (Fsp3) is 0.182. The highest BCUT2D eigenvalue weighted by Gasteiger charge is 2.17. The number of carboxylic acids is 1. The third kappa shape index (κ3) is 2.12. The van der Waals surface area contributed by atoms with Gasteiger partial charge < -0.3 is 10.4 Å². The van der Waals surface area contributed by atoms with Crippen molar-refractivity contribution in [3.8, 4) is 0 Å². The number of thiophene rings is 1. The topological polar surface area (TPSA) is 84.2 Å². The van der Waals surface area contributed by atoms with Crippen LogP contribution >= 0.6 is 11.3 Å². The van der Waals surface area contributed by atoms with Crippen molar-refractivity contribution in [1.29, 1.82) is 0 Å². The van der Waals surface area contributed by atoms with Crippen LogP contribution in [0.1, 0.15) is 26.4 Å². The number of rotatable bonds is 3. The molecule has 0 saturated carbocycles. The first-order chi connectivity index (χ1) is 8.50. The number of hydrogen-bond donors (Lipinski definition) is 2. The molecule has 2 heterocycles. The third-order valence-corrected chi connectivity index (χ3v) is 3.43. The Balaban J connectivity index is 2.24. The van der Waals surface area contributed by atoms with Crippen LogP contribution < -0.4 is 5.32 Å². The Kier molecular flexibility index (Phi) is 3.15. The van der Waals surface area contributed by atoms with E-state index < -0.39 is 5.97 Å². The van der Waals surface area contributed by atoms with Gasteiger partial charge in [0.1, 0.15) is 5.00 Å². The molecule has 0 bridgehead atoms. The lowest BCUT2D eigenvalue weighted by atomic mass is 10.2. The summed E-state index contributed by atoms with van der Waals surface area (Å²) in [6, 6.07) is 1.46. The summed E-state index contributed by atoms with van der Waals surface area (Å²) < 4.78 is 1.58. The number of aromatic carboxylic acids is 1. The maximum absolute atomic E-state index is 12.0. The molecule has 0 aromatic carbocycles. The average Bonchev–Trinajstić information content (AvgIpc) is 2.88. The first kappa shape index (κ1) is 12.3. The number of nitrogens with one attached hydrogen (secondary N) is 1. The first-order valence-electron chi connectivity index (χ1n) is 5.11. The molecule has 0 aliphatic carbocycles. The molecule has 94 valence electrons. The second-order valence-electron chi connectivity index (χ2n) is 3.69. The molecule has 0 saturated heterocycles. The SMILES string of the molecule is Cc1c(C(=O)Nc2sccc2C(=O)O)cnn1C. The van der Waals surface area contributed by atoms with E-state index in [2.05, 4.69) is 10.4 Å². The Morgan fingerprint density at radius 3 is 2.72 bits per heavy atom. The minimum Gasteiger partial charge on any atom is -0.478 e. The third-order valence-electron chi connectivity index (χ3n) is 2.60. The number of anilines is 1. The molecule has 7 heteroatoms. The largest absolute Gasteiger partial charge is 0.478 e. The van der Waals surface area contributed by atoms with Crippen molar-refractivity contribution in [3.05, 3.63) is 34.5 Å². The highest BCUT2D eigenvalue weighted by molar-refractivity contribution is 7.14. The van der Waals surface area contributed by atoms with Crippen LogP contribution in [-0.4, -0.2) is 26.8 Å². The molecule has 2 aromatic heterocycles. The number of aryl methyl sites for hydroxylation is 1. The van der Waals surface area contributed by atoms with Crippen LogP contribution in [0, 0.1) is 6.92 Å². The highest BCUT2D eigenvalue weighted by atomic mass is 32.1. The maximum Gasteiger partial charge on any atom is 0.338 e. The smallest absolute Gasteiger partial charge is 0.338 e. The molecular formula is C11H11N3O3S. The Bertz CT molecular complexity index is 615. The van der Waals surface area contributed by atoms with E-state index >= 15 is 0 Å². The molecule has 2 aromatic rings. The quantitative estimate of drug-likeness (QED) is 0.885. The number of aromatic nitrogens is 2. The summed E-state index contributed by atoms with van der Waals surface area (Å²) >= 11 is 1.17.